The molecular formula is C23H28N6O2. The Morgan fingerprint density at radius 3 is 2.55 bits per heavy atom. The number of nitrogens with zero attached hydrogens (tertiary/aromatic N) is 5. The summed E-state index contributed by atoms with van der Waals surface area (Å²) in [4.78, 5) is 34.0. The van der Waals surface area contributed by atoms with Gasteiger partial charge in [-0.25, -0.2) is 9.50 Å². The molecule has 1 aliphatic heterocycles. The molecule has 162 valence electrons. The summed E-state index contributed by atoms with van der Waals surface area (Å²) in [7, 11) is 0. The summed E-state index contributed by atoms with van der Waals surface area (Å²) in [6, 6.07) is 7.84. The van der Waals surface area contributed by atoms with E-state index in [-0.39, 0.29) is 11.8 Å². The number of anilines is 1. The first-order valence-corrected chi connectivity index (χ1v) is 10.5. The predicted octanol–water partition coefficient (Wildman–Crippen LogP) is 2.36. The number of hydrogen-bond acceptors (Lipinski definition) is 5. The number of carbonyl (C=O) groups excluding carboxylic acids is 2. The Morgan fingerprint density at radius 1 is 1.06 bits per heavy atom. The van der Waals surface area contributed by atoms with Crippen molar-refractivity contribution in [3.8, 4) is 0 Å². The molecule has 4 rings (SSSR count). The molecule has 8 heteroatoms. The van der Waals surface area contributed by atoms with Gasteiger partial charge < -0.3 is 10.2 Å². The summed E-state index contributed by atoms with van der Waals surface area (Å²) in [6.07, 6.45) is 1.60. The highest BCUT2D eigenvalue weighted by Gasteiger charge is 2.26. The van der Waals surface area contributed by atoms with Gasteiger partial charge in [-0.15, -0.1) is 0 Å². The lowest BCUT2D eigenvalue weighted by molar-refractivity contribution is -0.117. The summed E-state index contributed by atoms with van der Waals surface area (Å²) < 4.78 is 1.70. The largest absolute Gasteiger partial charge is 0.336 e. The molecule has 0 unspecified atom stereocenters. The molecule has 0 bridgehead atoms. The molecule has 8 nitrogen and oxygen atoms in total. The number of piperazine rings is 1. The van der Waals surface area contributed by atoms with E-state index in [1.54, 1.807) is 10.7 Å². The van der Waals surface area contributed by atoms with E-state index in [1.165, 1.54) is 0 Å². The number of nitrogens with one attached hydrogen (secondary N) is 1. The zero-order chi connectivity index (χ0) is 22.1. The molecule has 3 heterocycles. The summed E-state index contributed by atoms with van der Waals surface area (Å²) in [5.74, 6) is -0.0988. The highest BCUT2D eigenvalue weighted by molar-refractivity contribution is 5.99. The van der Waals surface area contributed by atoms with Crippen LogP contribution < -0.4 is 5.32 Å². The zero-order valence-corrected chi connectivity index (χ0v) is 18.5. The molecule has 1 saturated heterocycles. The molecule has 0 spiro atoms. The molecule has 2 aromatic heterocycles. The first kappa shape index (κ1) is 21.0. The van der Waals surface area contributed by atoms with Gasteiger partial charge >= 0.3 is 0 Å². The molecule has 1 aromatic carbocycles. The monoisotopic (exact) mass is 420 g/mol. The average Bonchev–Trinajstić information content (AvgIpc) is 3.15. The number of amides is 2. The quantitative estimate of drug-likeness (QED) is 0.701. The maximum Gasteiger partial charge on any atom is 0.259 e. The van der Waals surface area contributed by atoms with E-state index in [0.717, 1.165) is 28.2 Å². The molecule has 2 amide bonds. The minimum atomic E-state index is -0.0630. The van der Waals surface area contributed by atoms with Gasteiger partial charge in [0.25, 0.3) is 5.91 Å². The Kier molecular flexibility index (Phi) is 5.73. The standard InChI is InChI=1S/C23H28N6O2/c1-15-6-5-7-20(18(15)4)26-21(30)14-27-8-10-28(11-9-27)23(31)19-13-24-29-17(3)12-16(2)25-22(19)29/h5-7,12-13H,8-11,14H2,1-4H3,(H,26,30). The smallest absolute Gasteiger partial charge is 0.259 e. The summed E-state index contributed by atoms with van der Waals surface area (Å²) in [6.45, 7) is 10.6. The van der Waals surface area contributed by atoms with Crippen molar-refractivity contribution in [2.45, 2.75) is 27.7 Å². The van der Waals surface area contributed by atoms with Crippen LogP contribution in [0.25, 0.3) is 5.65 Å². The molecular weight excluding hydrogens is 392 g/mol. The van der Waals surface area contributed by atoms with Crippen molar-refractivity contribution in [2.24, 2.45) is 0 Å². The summed E-state index contributed by atoms with van der Waals surface area (Å²) >= 11 is 0. The van der Waals surface area contributed by atoms with Crippen molar-refractivity contribution in [1.82, 2.24) is 24.4 Å². The van der Waals surface area contributed by atoms with E-state index >= 15 is 0 Å². The van der Waals surface area contributed by atoms with Crippen molar-refractivity contribution in [3.05, 3.63) is 58.5 Å². The third kappa shape index (κ3) is 4.29. The highest BCUT2D eigenvalue weighted by atomic mass is 16.2. The van der Waals surface area contributed by atoms with Crippen LogP contribution >= 0.6 is 0 Å². The van der Waals surface area contributed by atoms with Gasteiger partial charge in [0, 0.05) is 43.3 Å². The van der Waals surface area contributed by atoms with E-state index in [9.17, 15) is 9.59 Å². The van der Waals surface area contributed by atoms with Gasteiger partial charge in [0.05, 0.1) is 12.7 Å². The van der Waals surface area contributed by atoms with Crippen molar-refractivity contribution < 1.29 is 9.59 Å². The first-order chi connectivity index (χ1) is 14.8. The van der Waals surface area contributed by atoms with Crippen LogP contribution in [0, 0.1) is 27.7 Å². The number of hydrogen-bond donors (Lipinski definition) is 1. The van der Waals surface area contributed by atoms with E-state index < -0.39 is 0 Å². The number of aromatic nitrogens is 3. The fraction of sp³-hybridized carbons (Fsp3) is 0.391. The van der Waals surface area contributed by atoms with Crippen LogP contribution in [0.5, 0.6) is 0 Å². The fourth-order valence-electron chi connectivity index (χ4n) is 3.98. The molecule has 1 N–H and O–H groups in total. The first-order valence-electron chi connectivity index (χ1n) is 10.5. The number of carbonyl (C=O) groups is 2. The van der Waals surface area contributed by atoms with Crippen LogP contribution in [0.2, 0.25) is 0 Å². The minimum absolute atomic E-state index is 0.0359. The van der Waals surface area contributed by atoms with Gasteiger partial charge in [-0.3, -0.25) is 14.5 Å². The Labute approximate surface area is 181 Å². The van der Waals surface area contributed by atoms with E-state index in [4.69, 9.17) is 0 Å². The molecule has 0 aliphatic carbocycles. The lowest BCUT2D eigenvalue weighted by Gasteiger charge is -2.34. The van der Waals surface area contributed by atoms with Crippen LogP contribution in [-0.4, -0.2) is 68.9 Å². The molecule has 1 fully saturated rings. The molecule has 1 aliphatic rings. The Bertz CT molecular complexity index is 1140. The zero-order valence-electron chi connectivity index (χ0n) is 18.5. The maximum atomic E-state index is 13.1. The van der Waals surface area contributed by atoms with Gasteiger partial charge in [0.1, 0.15) is 5.56 Å². The fourth-order valence-corrected chi connectivity index (χ4v) is 3.98. The highest BCUT2D eigenvalue weighted by Crippen LogP contribution is 2.18. The summed E-state index contributed by atoms with van der Waals surface area (Å²) in [5.41, 5.74) is 6.01. The number of aryl methyl sites for hydroxylation is 3. The Balaban J connectivity index is 1.36. The second-order valence-corrected chi connectivity index (χ2v) is 8.20. The van der Waals surface area contributed by atoms with Crippen molar-refractivity contribution in [1.29, 1.82) is 0 Å². The number of rotatable bonds is 4. The normalized spacial score (nSPS) is 14.8. The number of benzene rings is 1. The van der Waals surface area contributed by atoms with Crippen molar-refractivity contribution in [2.75, 3.05) is 38.0 Å². The lowest BCUT2D eigenvalue weighted by Crippen LogP contribution is -2.50. The van der Waals surface area contributed by atoms with E-state index in [0.29, 0.717) is 43.9 Å². The molecule has 0 saturated carbocycles. The SMILES string of the molecule is Cc1cc(C)n2ncc(C(=O)N3CCN(CC(=O)Nc4cccc(C)c4C)CC3)c2n1. The van der Waals surface area contributed by atoms with Crippen LogP contribution in [0.4, 0.5) is 5.69 Å². The van der Waals surface area contributed by atoms with Crippen LogP contribution in [0.15, 0.2) is 30.5 Å². The average molecular weight is 421 g/mol. The second-order valence-electron chi connectivity index (χ2n) is 8.20. The Morgan fingerprint density at radius 2 is 1.81 bits per heavy atom. The van der Waals surface area contributed by atoms with Gasteiger partial charge in [0.15, 0.2) is 5.65 Å². The van der Waals surface area contributed by atoms with E-state index in [2.05, 4.69) is 20.3 Å². The molecule has 0 radical (unpaired) electrons. The number of fused-ring (bicyclic) bond motifs is 1. The maximum absolute atomic E-state index is 13.1. The third-order valence-electron chi connectivity index (χ3n) is 5.91. The molecule has 0 atom stereocenters. The summed E-state index contributed by atoms with van der Waals surface area (Å²) in [5, 5.41) is 7.33. The van der Waals surface area contributed by atoms with E-state index in [1.807, 2.05) is 56.9 Å². The third-order valence-corrected chi connectivity index (χ3v) is 5.91. The predicted molar refractivity (Wildman–Crippen MR) is 119 cm³/mol. The van der Waals surface area contributed by atoms with Gasteiger partial charge in [-0.2, -0.15) is 5.10 Å². The minimum Gasteiger partial charge on any atom is -0.336 e. The van der Waals surface area contributed by atoms with Gasteiger partial charge in [0.2, 0.25) is 5.91 Å². The second kappa shape index (κ2) is 8.47. The van der Waals surface area contributed by atoms with Gasteiger partial charge in [-0.05, 0) is 51.0 Å². The van der Waals surface area contributed by atoms with Crippen molar-refractivity contribution >= 4 is 23.1 Å². The van der Waals surface area contributed by atoms with Crippen LogP contribution in [0.1, 0.15) is 32.9 Å². The van der Waals surface area contributed by atoms with Crippen molar-refractivity contribution in [3.63, 3.8) is 0 Å². The van der Waals surface area contributed by atoms with Crippen LogP contribution in [0.3, 0.4) is 0 Å². The molecule has 31 heavy (non-hydrogen) atoms. The van der Waals surface area contributed by atoms with Gasteiger partial charge in [-0.1, -0.05) is 12.1 Å². The topological polar surface area (TPSA) is 82.8 Å². The lowest BCUT2D eigenvalue weighted by atomic mass is 10.1. The molecule has 3 aromatic rings. The Hall–Kier alpha value is -3.26. The van der Waals surface area contributed by atoms with Crippen LogP contribution in [-0.2, 0) is 4.79 Å².